The number of unbranched alkanes of at least 4 members (excludes halogenated alkanes) is 16. The highest BCUT2D eigenvalue weighted by molar-refractivity contribution is 5.81. The van der Waals surface area contributed by atoms with Crippen LogP contribution in [0.3, 0.4) is 0 Å². The lowest BCUT2D eigenvalue weighted by atomic mass is 10.0. The van der Waals surface area contributed by atoms with Crippen molar-refractivity contribution in [1.29, 1.82) is 0 Å². The Balaban J connectivity index is 3.58. The van der Waals surface area contributed by atoms with Gasteiger partial charge in [-0.3, -0.25) is 0 Å². The van der Waals surface area contributed by atoms with E-state index in [-0.39, 0.29) is 5.97 Å². The Kier molecular flexibility index (Phi) is 24.4. The maximum absolute atomic E-state index is 12.3. The summed E-state index contributed by atoms with van der Waals surface area (Å²) in [4.78, 5) is 24.1. The summed E-state index contributed by atoms with van der Waals surface area (Å²) in [6.45, 7) is 7.08. The third-order valence-electron chi connectivity index (χ3n) is 6.10. The van der Waals surface area contributed by atoms with Crippen molar-refractivity contribution >= 4 is 12.1 Å². The Bertz CT molecular complexity index is 442. The fourth-order valence-corrected chi connectivity index (χ4v) is 3.96. The van der Waals surface area contributed by atoms with Gasteiger partial charge in [0.15, 0.2) is 0 Å². The first-order chi connectivity index (χ1) is 16.2. The first-order valence-electron chi connectivity index (χ1n) is 14.3. The van der Waals surface area contributed by atoms with E-state index < -0.39 is 12.1 Å². The van der Waals surface area contributed by atoms with Crippen LogP contribution in [-0.4, -0.2) is 31.3 Å². The zero-order valence-electron chi connectivity index (χ0n) is 22.3. The minimum atomic E-state index is -0.602. The molecule has 0 saturated carbocycles. The highest BCUT2D eigenvalue weighted by atomic mass is 16.6. The number of hydrogen-bond donors (Lipinski definition) is 1. The van der Waals surface area contributed by atoms with Gasteiger partial charge in [0.2, 0.25) is 0 Å². The standard InChI is InChI=1S/C28H55NO4/c1-4-7-9-10-11-12-13-14-15-16-17-18-19-20-21-22-25-32-27(30)26(23-8-5-2)29-28(31)33-24-6-3/h26H,4-25H2,1-3H3,(H,29,31). The van der Waals surface area contributed by atoms with Crippen LogP contribution < -0.4 is 5.32 Å². The summed E-state index contributed by atoms with van der Waals surface area (Å²) in [7, 11) is 0. The Morgan fingerprint density at radius 1 is 0.545 bits per heavy atom. The van der Waals surface area contributed by atoms with Crippen LogP contribution >= 0.6 is 0 Å². The molecule has 0 aromatic heterocycles. The second kappa shape index (κ2) is 25.4. The fraction of sp³-hybridized carbons (Fsp3) is 0.929. The van der Waals surface area contributed by atoms with Gasteiger partial charge in [0.25, 0.3) is 0 Å². The van der Waals surface area contributed by atoms with Gasteiger partial charge < -0.3 is 14.8 Å². The van der Waals surface area contributed by atoms with Gasteiger partial charge >= 0.3 is 12.1 Å². The molecule has 0 aliphatic rings. The topological polar surface area (TPSA) is 64.6 Å². The summed E-state index contributed by atoms with van der Waals surface area (Å²) in [5.74, 6) is -0.335. The molecule has 0 bridgehead atoms. The number of esters is 1. The van der Waals surface area contributed by atoms with Gasteiger partial charge in [-0.1, -0.05) is 130 Å². The highest BCUT2D eigenvalue weighted by Gasteiger charge is 2.22. The zero-order chi connectivity index (χ0) is 24.4. The average Bonchev–Trinajstić information content (AvgIpc) is 2.82. The van der Waals surface area contributed by atoms with Gasteiger partial charge in [0.05, 0.1) is 13.2 Å². The molecule has 0 rings (SSSR count). The van der Waals surface area contributed by atoms with Crippen LogP contribution in [0.25, 0.3) is 0 Å². The van der Waals surface area contributed by atoms with Crippen LogP contribution in [0.1, 0.15) is 149 Å². The Morgan fingerprint density at radius 2 is 1.00 bits per heavy atom. The molecule has 5 heteroatoms. The molecule has 1 N–H and O–H groups in total. The lowest BCUT2D eigenvalue weighted by Crippen LogP contribution is -2.42. The van der Waals surface area contributed by atoms with Crippen molar-refractivity contribution in [3.8, 4) is 0 Å². The Hall–Kier alpha value is -1.26. The summed E-state index contributed by atoms with van der Waals surface area (Å²) >= 11 is 0. The summed E-state index contributed by atoms with van der Waals surface area (Å²) < 4.78 is 10.4. The number of carbonyl (C=O) groups excluding carboxylic acids is 2. The van der Waals surface area contributed by atoms with Gasteiger partial charge in [-0.2, -0.15) is 0 Å². The summed E-state index contributed by atoms with van der Waals surface area (Å²) in [6.07, 6.45) is 23.8. The van der Waals surface area contributed by atoms with Crippen molar-refractivity contribution in [3.05, 3.63) is 0 Å². The first-order valence-corrected chi connectivity index (χ1v) is 14.3. The van der Waals surface area contributed by atoms with E-state index in [1.54, 1.807) is 0 Å². The van der Waals surface area contributed by atoms with E-state index in [0.717, 1.165) is 32.1 Å². The molecule has 1 amide bonds. The molecular formula is C28H55NO4. The second-order valence-electron chi connectivity index (χ2n) is 9.45. The predicted molar refractivity (Wildman–Crippen MR) is 139 cm³/mol. The van der Waals surface area contributed by atoms with Crippen molar-refractivity contribution in [3.63, 3.8) is 0 Å². The van der Waals surface area contributed by atoms with Gasteiger partial charge in [0, 0.05) is 0 Å². The summed E-state index contributed by atoms with van der Waals surface area (Å²) in [5.41, 5.74) is 0. The van der Waals surface area contributed by atoms with Gasteiger partial charge in [-0.25, -0.2) is 9.59 Å². The number of amides is 1. The van der Waals surface area contributed by atoms with E-state index in [4.69, 9.17) is 9.47 Å². The molecule has 0 aromatic rings. The highest BCUT2D eigenvalue weighted by Crippen LogP contribution is 2.14. The molecule has 0 saturated heterocycles. The van der Waals surface area contributed by atoms with Crippen molar-refractivity contribution in [2.75, 3.05) is 13.2 Å². The second-order valence-corrected chi connectivity index (χ2v) is 9.45. The van der Waals surface area contributed by atoms with E-state index in [2.05, 4.69) is 19.2 Å². The van der Waals surface area contributed by atoms with Gasteiger partial charge in [-0.15, -0.1) is 0 Å². The first kappa shape index (κ1) is 31.7. The van der Waals surface area contributed by atoms with Gasteiger partial charge in [0.1, 0.15) is 6.04 Å². The Morgan fingerprint density at radius 3 is 1.45 bits per heavy atom. The van der Waals surface area contributed by atoms with Crippen LogP contribution in [0.2, 0.25) is 0 Å². The minimum absolute atomic E-state index is 0.335. The SMILES string of the molecule is CCCCCCCCCCCCCCCCCCOC(=O)C(CCCC)NC(=O)OCCC. The number of carbonyl (C=O) groups is 2. The number of nitrogens with one attached hydrogen (secondary N) is 1. The zero-order valence-corrected chi connectivity index (χ0v) is 22.3. The molecule has 1 unspecified atom stereocenters. The monoisotopic (exact) mass is 469 g/mol. The van der Waals surface area contributed by atoms with Crippen molar-refractivity contribution in [1.82, 2.24) is 5.32 Å². The molecule has 0 heterocycles. The number of hydrogen-bond acceptors (Lipinski definition) is 4. The van der Waals surface area contributed by atoms with E-state index >= 15 is 0 Å². The van der Waals surface area contributed by atoms with Crippen molar-refractivity contribution in [2.24, 2.45) is 0 Å². The molecule has 0 spiro atoms. The molecule has 0 aliphatic carbocycles. The number of rotatable bonds is 24. The molecule has 0 radical (unpaired) electrons. The van der Waals surface area contributed by atoms with E-state index in [1.807, 2.05) is 6.92 Å². The van der Waals surface area contributed by atoms with Crippen LogP contribution in [0.4, 0.5) is 4.79 Å². The molecule has 33 heavy (non-hydrogen) atoms. The smallest absolute Gasteiger partial charge is 0.407 e. The molecule has 5 nitrogen and oxygen atoms in total. The van der Waals surface area contributed by atoms with Crippen LogP contribution in [0.15, 0.2) is 0 Å². The van der Waals surface area contributed by atoms with E-state index in [9.17, 15) is 9.59 Å². The minimum Gasteiger partial charge on any atom is -0.464 e. The number of ether oxygens (including phenoxy) is 2. The Labute approximate surface area is 205 Å². The average molecular weight is 470 g/mol. The molecule has 0 aromatic carbocycles. The summed E-state index contributed by atoms with van der Waals surface area (Å²) in [5, 5.41) is 2.66. The molecule has 1 atom stereocenters. The van der Waals surface area contributed by atoms with Crippen molar-refractivity contribution < 1.29 is 19.1 Å². The van der Waals surface area contributed by atoms with Gasteiger partial charge in [-0.05, 0) is 19.3 Å². The normalized spacial score (nSPS) is 11.8. The molecule has 196 valence electrons. The van der Waals surface area contributed by atoms with E-state index in [1.165, 1.54) is 89.9 Å². The fourth-order valence-electron chi connectivity index (χ4n) is 3.96. The molecule has 0 fully saturated rings. The largest absolute Gasteiger partial charge is 0.464 e. The summed E-state index contributed by atoms with van der Waals surface area (Å²) in [6, 6.07) is -0.602. The lowest BCUT2D eigenvalue weighted by Gasteiger charge is -2.17. The number of alkyl carbamates (subject to hydrolysis) is 1. The van der Waals surface area contributed by atoms with Crippen LogP contribution in [-0.2, 0) is 14.3 Å². The predicted octanol–water partition coefficient (Wildman–Crippen LogP) is 8.49. The third-order valence-corrected chi connectivity index (χ3v) is 6.10. The maximum Gasteiger partial charge on any atom is 0.407 e. The third kappa shape index (κ3) is 22.3. The van der Waals surface area contributed by atoms with Crippen LogP contribution in [0.5, 0.6) is 0 Å². The maximum atomic E-state index is 12.3. The lowest BCUT2D eigenvalue weighted by molar-refractivity contribution is -0.146. The van der Waals surface area contributed by atoms with E-state index in [0.29, 0.717) is 19.6 Å². The quantitative estimate of drug-likeness (QED) is 0.114. The molecular weight excluding hydrogens is 414 g/mol. The van der Waals surface area contributed by atoms with Crippen LogP contribution in [0, 0.1) is 0 Å². The molecule has 0 aliphatic heterocycles. The van der Waals surface area contributed by atoms with Crippen molar-refractivity contribution in [2.45, 2.75) is 155 Å².